The van der Waals surface area contributed by atoms with E-state index < -0.39 is 23.8 Å². The smallest absolute Gasteiger partial charge is 0.262 e. The molecule has 4 amide bonds. The van der Waals surface area contributed by atoms with Gasteiger partial charge in [0.15, 0.2) is 0 Å². The first kappa shape index (κ1) is 20.7. The summed E-state index contributed by atoms with van der Waals surface area (Å²) in [6.07, 6.45) is 2.38. The number of nitrogens with zero attached hydrogens (tertiary/aromatic N) is 1. The lowest BCUT2D eigenvalue weighted by molar-refractivity contribution is -0.136. The van der Waals surface area contributed by atoms with Crippen molar-refractivity contribution in [2.45, 2.75) is 58.2 Å². The van der Waals surface area contributed by atoms with Crippen molar-refractivity contribution in [2.24, 2.45) is 5.41 Å². The minimum absolute atomic E-state index is 0.117. The van der Waals surface area contributed by atoms with Gasteiger partial charge in [0.25, 0.3) is 11.8 Å². The van der Waals surface area contributed by atoms with Crippen molar-refractivity contribution in [1.82, 2.24) is 20.9 Å². The highest BCUT2D eigenvalue weighted by Gasteiger charge is 2.44. The summed E-state index contributed by atoms with van der Waals surface area (Å²) < 4.78 is 0. The molecule has 30 heavy (non-hydrogen) atoms. The van der Waals surface area contributed by atoms with Crippen LogP contribution in [-0.4, -0.2) is 53.7 Å². The Bertz CT molecular complexity index is 910. The number of imide groups is 2. The Balaban J connectivity index is 1.47. The second-order valence-electron chi connectivity index (χ2n) is 9.24. The number of amides is 4. The maximum atomic E-state index is 12.9. The van der Waals surface area contributed by atoms with Crippen LogP contribution in [0.4, 0.5) is 0 Å². The number of hydrogen-bond acceptors (Lipinski definition) is 6. The van der Waals surface area contributed by atoms with E-state index in [1.54, 1.807) is 12.1 Å². The van der Waals surface area contributed by atoms with Crippen LogP contribution in [0, 0.1) is 5.41 Å². The van der Waals surface area contributed by atoms with E-state index >= 15 is 0 Å². The molecule has 1 aromatic rings. The van der Waals surface area contributed by atoms with Crippen LogP contribution >= 0.6 is 0 Å². The largest absolute Gasteiger partial charge is 0.316 e. The second kappa shape index (κ2) is 7.92. The number of rotatable bonds is 4. The summed E-state index contributed by atoms with van der Waals surface area (Å²) in [6, 6.07) is 4.70. The van der Waals surface area contributed by atoms with E-state index in [2.05, 4.69) is 29.8 Å². The molecule has 2 saturated heterocycles. The first-order valence-electron chi connectivity index (χ1n) is 10.5. The lowest BCUT2D eigenvalue weighted by atomic mass is 9.86. The van der Waals surface area contributed by atoms with Crippen molar-refractivity contribution in [3.8, 4) is 0 Å². The van der Waals surface area contributed by atoms with Gasteiger partial charge >= 0.3 is 0 Å². The summed E-state index contributed by atoms with van der Waals surface area (Å²) in [7, 11) is 0. The van der Waals surface area contributed by atoms with E-state index in [0.29, 0.717) is 23.7 Å². The molecule has 0 radical (unpaired) electrons. The number of carbonyl (C=O) groups excluding carboxylic acids is 4. The molecule has 1 aromatic carbocycles. The lowest BCUT2D eigenvalue weighted by Crippen LogP contribution is -2.54. The number of benzene rings is 1. The highest BCUT2D eigenvalue weighted by Crippen LogP contribution is 2.29. The van der Waals surface area contributed by atoms with Gasteiger partial charge in [0, 0.05) is 25.6 Å². The first-order valence-corrected chi connectivity index (χ1v) is 10.5. The van der Waals surface area contributed by atoms with Gasteiger partial charge in [0.2, 0.25) is 11.8 Å². The Labute approximate surface area is 175 Å². The van der Waals surface area contributed by atoms with Crippen molar-refractivity contribution in [2.75, 3.05) is 13.1 Å². The average Bonchev–Trinajstić information content (AvgIpc) is 2.82. The molecule has 0 aliphatic carbocycles. The van der Waals surface area contributed by atoms with Crippen molar-refractivity contribution in [1.29, 1.82) is 0 Å². The van der Waals surface area contributed by atoms with Gasteiger partial charge in [-0.2, -0.15) is 0 Å². The van der Waals surface area contributed by atoms with Gasteiger partial charge in [-0.15, -0.1) is 0 Å². The van der Waals surface area contributed by atoms with Crippen molar-refractivity contribution in [3.63, 3.8) is 0 Å². The minimum Gasteiger partial charge on any atom is -0.316 e. The summed E-state index contributed by atoms with van der Waals surface area (Å²) in [5, 5.41) is 9.27. The molecule has 4 rings (SSSR count). The number of carbonyl (C=O) groups is 4. The monoisotopic (exact) mass is 412 g/mol. The molecule has 0 saturated carbocycles. The molecule has 2 atom stereocenters. The molecule has 0 bridgehead atoms. The topological polar surface area (TPSA) is 108 Å². The molecule has 3 aliphatic rings. The van der Waals surface area contributed by atoms with Crippen molar-refractivity contribution in [3.05, 3.63) is 34.9 Å². The predicted octanol–water partition coefficient (Wildman–Crippen LogP) is 0.956. The summed E-state index contributed by atoms with van der Waals surface area (Å²) in [5.41, 5.74) is 1.78. The minimum atomic E-state index is -0.933. The molecule has 2 unspecified atom stereocenters. The van der Waals surface area contributed by atoms with Crippen LogP contribution in [0.3, 0.4) is 0 Å². The SMILES string of the molecule is CC1(C)CNCCC(NCc2ccc3c(c2)C(=O)N(C2CCC(=O)NC2=O)C3=O)C1. The standard InChI is InChI=1S/C22H28N4O4/c1-22(2)10-14(7-8-23-12-22)24-11-13-3-4-15-16(9-13)21(30)26(20(15)29)17-5-6-18(27)25-19(17)28/h3-4,9,14,17,23-24H,5-8,10-12H2,1-2H3,(H,25,27,28). The van der Waals surface area contributed by atoms with E-state index in [9.17, 15) is 19.2 Å². The van der Waals surface area contributed by atoms with Gasteiger partial charge in [-0.25, -0.2) is 0 Å². The van der Waals surface area contributed by atoms with Crippen molar-refractivity contribution >= 4 is 23.6 Å². The van der Waals surface area contributed by atoms with Crippen LogP contribution in [0.1, 0.15) is 65.8 Å². The predicted molar refractivity (Wildman–Crippen MR) is 110 cm³/mol. The van der Waals surface area contributed by atoms with Crippen LogP contribution in [0.2, 0.25) is 0 Å². The summed E-state index contributed by atoms with van der Waals surface area (Å²) in [6.45, 7) is 7.08. The molecular weight excluding hydrogens is 384 g/mol. The molecule has 0 spiro atoms. The Kier molecular flexibility index (Phi) is 5.46. The zero-order valence-corrected chi connectivity index (χ0v) is 17.4. The average molecular weight is 412 g/mol. The number of nitrogens with one attached hydrogen (secondary N) is 3. The molecule has 3 heterocycles. The summed E-state index contributed by atoms with van der Waals surface area (Å²) in [4.78, 5) is 50.3. The number of fused-ring (bicyclic) bond motifs is 1. The molecule has 3 aliphatic heterocycles. The maximum Gasteiger partial charge on any atom is 0.262 e. The Morgan fingerprint density at radius 3 is 2.63 bits per heavy atom. The fourth-order valence-corrected chi connectivity index (χ4v) is 4.61. The van der Waals surface area contributed by atoms with E-state index in [1.807, 2.05) is 6.07 Å². The van der Waals surface area contributed by atoms with Gasteiger partial charge in [-0.3, -0.25) is 29.4 Å². The van der Waals surface area contributed by atoms with Gasteiger partial charge in [0.1, 0.15) is 6.04 Å². The maximum absolute atomic E-state index is 12.9. The first-order chi connectivity index (χ1) is 14.2. The van der Waals surface area contributed by atoms with Gasteiger partial charge in [-0.05, 0) is 48.9 Å². The summed E-state index contributed by atoms with van der Waals surface area (Å²) in [5.74, 6) is -1.91. The van der Waals surface area contributed by atoms with Crippen LogP contribution in [0.25, 0.3) is 0 Å². The molecule has 0 aromatic heterocycles. The molecule has 8 heteroatoms. The third-order valence-corrected chi connectivity index (χ3v) is 6.17. The quantitative estimate of drug-likeness (QED) is 0.636. The Hall–Kier alpha value is -2.58. The number of hydrogen-bond donors (Lipinski definition) is 3. The van der Waals surface area contributed by atoms with E-state index in [1.165, 1.54) is 0 Å². The van der Waals surface area contributed by atoms with Crippen LogP contribution in [0.15, 0.2) is 18.2 Å². The van der Waals surface area contributed by atoms with Gasteiger partial charge in [-0.1, -0.05) is 19.9 Å². The summed E-state index contributed by atoms with van der Waals surface area (Å²) >= 11 is 0. The third kappa shape index (κ3) is 4.02. The molecular formula is C22H28N4O4. The molecule has 3 N–H and O–H groups in total. The Morgan fingerprint density at radius 1 is 1.10 bits per heavy atom. The molecule has 8 nitrogen and oxygen atoms in total. The molecule has 160 valence electrons. The van der Waals surface area contributed by atoms with Gasteiger partial charge < -0.3 is 10.6 Å². The van der Waals surface area contributed by atoms with Crippen LogP contribution in [0.5, 0.6) is 0 Å². The highest BCUT2D eigenvalue weighted by molar-refractivity contribution is 6.23. The fourth-order valence-electron chi connectivity index (χ4n) is 4.61. The molecule has 2 fully saturated rings. The highest BCUT2D eigenvalue weighted by atomic mass is 16.2. The third-order valence-electron chi connectivity index (χ3n) is 6.17. The van der Waals surface area contributed by atoms with E-state index in [-0.39, 0.29) is 24.2 Å². The zero-order valence-electron chi connectivity index (χ0n) is 17.4. The van der Waals surface area contributed by atoms with E-state index in [4.69, 9.17) is 0 Å². The fraction of sp³-hybridized carbons (Fsp3) is 0.545. The lowest BCUT2D eigenvalue weighted by Gasteiger charge is -2.27. The normalized spacial score (nSPS) is 26.4. The Morgan fingerprint density at radius 2 is 1.87 bits per heavy atom. The van der Waals surface area contributed by atoms with Crippen molar-refractivity contribution < 1.29 is 19.2 Å². The van der Waals surface area contributed by atoms with Crippen LogP contribution in [-0.2, 0) is 16.1 Å². The van der Waals surface area contributed by atoms with E-state index in [0.717, 1.165) is 36.4 Å². The zero-order chi connectivity index (χ0) is 21.5. The van der Waals surface area contributed by atoms with Crippen LogP contribution < -0.4 is 16.0 Å². The van der Waals surface area contributed by atoms with Gasteiger partial charge in [0.05, 0.1) is 11.1 Å². The number of piperidine rings is 1. The second-order valence-corrected chi connectivity index (χ2v) is 9.24.